The van der Waals surface area contributed by atoms with Gasteiger partial charge in [-0.05, 0) is 30.3 Å². The average molecular weight is 403 g/mol. The predicted molar refractivity (Wildman–Crippen MR) is 115 cm³/mol. The number of carbonyl (C=O) groups excluding carboxylic acids is 2. The van der Waals surface area contributed by atoms with Gasteiger partial charge in [0.1, 0.15) is 5.82 Å². The van der Waals surface area contributed by atoms with Crippen LogP contribution in [0, 0.1) is 0 Å². The molecule has 30 heavy (non-hydrogen) atoms. The number of anilines is 3. The maximum absolute atomic E-state index is 12.4. The van der Waals surface area contributed by atoms with E-state index in [9.17, 15) is 9.59 Å². The molecule has 152 valence electrons. The average Bonchev–Trinajstić information content (AvgIpc) is 3.38. The molecule has 0 saturated heterocycles. The van der Waals surface area contributed by atoms with E-state index >= 15 is 0 Å². The van der Waals surface area contributed by atoms with Gasteiger partial charge in [0.25, 0.3) is 5.91 Å². The molecule has 0 spiro atoms. The second kappa shape index (κ2) is 7.70. The van der Waals surface area contributed by atoms with Gasteiger partial charge in [-0.2, -0.15) is 5.10 Å². The van der Waals surface area contributed by atoms with Crippen LogP contribution in [-0.2, 0) is 7.05 Å². The SMILES string of the molecule is CNC(=O)n1ccc2cc(N(C)c3ccnc(NC(=O)c4cnn(C)c4)c3)ccc21. The molecule has 0 fully saturated rings. The first kappa shape index (κ1) is 19.2. The summed E-state index contributed by atoms with van der Waals surface area (Å²) in [6.45, 7) is 0. The highest BCUT2D eigenvalue weighted by molar-refractivity contribution is 6.03. The standard InChI is InChI=1S/C21H21N7O2/c1-22-21(30)28-9-7-14-10-16(4-5-18(14)28)27(3)17-6-8-23-19(11-17)25-20(29)15-12-24-26(2)13-15/h4-13H,1-3H3,(H,22,30)(H,23,25,29). The summed E-state index contributed by atoms with van der Waals surface area (Å²) in [6.07, 6.45) is 6.54. The number of rotatable bonds is 4. The molecule has 0 atom stereocenters. The summed E-state index contributed by atoms with van der Waals surface area (Å²) < 4.78 is 3.14. The number of pyridine rings is 1. The Labute approximate surface area is 172 Å². The molecule has 4 aromatic rings. The van der Waals surface area contributed by atoms with Gasteiger partial charge in [0.05, 0.1) is 17.3 Å². The fraction of sp³-hybridized carbons (Fsp3) is 0.143. The van der Waals surface area contributed by atoms with Gasteiger partial charge in [0.15, 0.2) is 0 Å². The summed E-state index contributed by atoms with van der Waals surface area (Å²) >= 11 is 0. The number of amides is 2. The van der Waals surface area contributed by atoms with Crippen LogP contribution < -0.4 is 15.5 Å². The van der Waals surface area contributed by atoms with Gasteiger partial charge in [-0.25, -0.2) is 9.78 Å². The minimum atomic E-state index is -0.271. The third-order valence-electron chi connectivity index (χ3n) is 4.83. The number of aromatic nitrogens is 4. The molecule has 4 rings (SSSR count). The lowest BCUT2D eigenvalue weighted by molar-refractivity contribution is 0.102. The van der Waals surface area contributed by atoms with Gasteiger partial charge in [-0.15, -0.1) is 0 Å². The molecule has 1 aromatic carbocycles. The van der Waals surface area contributed by atoms with Crippen molar-refractivity contribution in [3.63, 3.8) is 0 Å². The highest BCUT2D eigenvalue weighted by atomic mass is 16.2. The summed E-state index contributed by atoms with van der Waals surface area (Å²) in [6, 6.07) is 11.2. The molecule has 2 amide bonds. The van der Waals surface area contributed by atoms with Crippen molar-refractivity contribution in [2.45, 2.75) is 0 Å². The van der Waals surface area contributed by atoms with E-state index in [1.807, 2.05) is 42.3 Å². The largest absolute Gasteiger partial charge is 0.344 e. The van der Waals surface area contributed by atoms with Crippen LogP contribution in [0.3, 0.4) is 0 Å². The number of benzene rings is 1. The van der Waals surface area contributed by atoms with Crippen LogP contribution in [0.15, 0.2) is 61.2 Å². The lowest BCUT2D eigenvalue weighted by atomic mass is 10.2. The van der Waals surface area contributed by atoms with E-state index in [1.54, 1.807) is 48.0 Å². The minimum absolute atomic E-state index is 0.186. The van der Waals surface area contributed by atoms with Crippen LogP contribution in [0.2, 0.25) is 0 Å². The normalized spacial score (nSPS) is 10.8. The zero-order valence-electron chi connectivity index (χ0n) is 16.8. The summed E-state index contributed by atoms with van der Waals surface area (Å²) in [7, 11) is 5.29. The Morgan fingerprint density at radius 2 is 1.90 bits per heavy atom. The van der Waals surface area contributed by atoms with Crippen molar-refractivity contribution in [1.29, 1.82) is 0 Å². The number of nitrogens with one attached hydrogen (secondary N) is 2. The Hall–Kier alpha value is -4.14. The predicted octanol–water partition coefficient (Wildman–Crippen LogP) is 2.98. The molecular formula is C21H21N7O2. The maximum Gasteiger partial charge on any atom is 0.325 e. The van der Waals surface area contributed by atoms with Gasteiger partial charge in [0, 0.05) is 62.6 Å². The number of carbonyl (C=O) groups is 2. The van der Waals surface area contributed by atoms with E-state index in [2.05, 4.69) is 20.7 Å². The molecule has 0 unspecified atom stereocenters. The first-order valence-electron chi connectivity index (χ1n) is 9.29. The van der Waals surface area contributed by atoms with Crippen LogP contribution in [0.4, 0.5) is 22.0 Å². The van der Waals surface area contributed by atoms with Crippen molar-refractivity contribution in [2.24, 2.45) is 7.05 Å². The molecule has 0 aliphatic carbocycles. The smallest absolute Gasteiger partial charge is 0.325 e. The second-order valence-corrected chi connectivity index (χ2v) is 6.80. The fourth-order valence-corrected chi connectivity index (χ4v) is 3.21. The van der Waals surface area contributed by atoms with Crippen molar-refractivity contribution < 1.29 is 9.59 Å². The Morgan fingerprint density at radius 3 is 2.63 bits per heavy atom. The van der Waals surface area contributed by atoms with Crippen LogP contribution in [0.5, 0.6) is 0 Å². The van der Waals surface area contributed by atoms with E-state index in [0.717, 1.165) is 22.3 Å². The van der Waals surface area contributed by atoms with E-state index in [-0.39, 0.29) is 11.9 Å². The van der Waals surface area contributed by atoms with Gasteiger partial charge in [0.2, 0.25) is 0 Å². The zero-order valence-corrected chi connectivity index (χ0v) is 16.8. The van der Waals surface area contributed by atoms with Gasteiger partial charge >= 0.3 is 6.03 Å². The maximum atomic E-state index is 12.4. The molecule has 0 bridgehead atoms. The molecule has 2 N–H and O–H groups in total. The number of aryl methyl sites for hydroxylation is 1. The van der Waals surface area contributed by atoms with E-state index in [1.165, 1.54) is 6.20 Å². The van der Waals surface area contributed by atoms with Gasteiger partial charge in [-0.3, -0.25) is 14.0 Å². The lowest BCUT2D eigenvalue weighted by Crippen LogP contribution is -2.23. The third-order valence-corrected chi connectivity index (χ3v) is 4.83. The quantitative estimate of drug-likeness (QED) is 0.546. The molecule has 3 aromatic heterocycles. The monoisotopic (exact) mass is 403 g/mol. The Balaban J connectivity index is 1.57. The lowest BCUT2D eigenvalue weighted by Gasteiger charge is -2.20. The molecule has 3 heterocycles. The highest BCUT2D eigenvalue weighted by Crippen LogP contribution is 2.28. The Morgan fingerprint density at radius 1 is 1.10 bits per heavy atom. The van der Waals surface area contributed by atoms with Crippen LogP contribution in [0.25, 0.3) is 10.9 Å². The molecule has 0 aliphatic heterocycles. The van der Waals surface area contributed by atoms with E-state index < -0.39 is 0 Å². The molecule has 0 aliphatic rings. The number of fused-ring (bicyclic) bond motifs is 1. The molecule has 0 radical (unpaired) electrons. The van der Waals surface area contributed by atoms with Gasteiger partial charge in [-0.1, -0.05) is 0 Å². The van der Waals surface area contributed by atoms with Crippen LogP contribution in [0.1, 0.15) is 10.4 Å². The summed E-state index contributed by atoms with van der Waals surface area (Å²) in [5.74, 6) is 0.174. The molecule has 9 heteroatoms. The number of hydrogen-bond acceptors (Lipinski definition) is 5. The fourth-order valence-electron chi connectivity index (χ4n) is 3.21. The molecular weight excluding hydrogens is 382 g/mol. The molecule has 0 saturated carbocycles. The zero-order chi connectivity index (χ0) is 21.3. The summed E-state index contributed by atoms with van der Waals surface area (Å²) in [4.78, 5) is 30.5. The van der Waals surface area contributed by atoms with Crippen molar-refractivity contribution in [3.05, 3.63) is 66.7 Å². The third kappa shape index (κ3) is 3.60. The second-order valence-electron chi connectivity index (χ2n) is 6.80. The summed E-state index contributed by atoms with van der Waals surface area (Å²) in [5.41, 5.74) is 3.08. The topological polar surface area (TPSA) is 97.1 Å². The first-order chi connectivity index (χ1) is 14.5. The number of hydrogen-bond donors (Lipinski definition) is 2. The van der Waals surface area contributed by atoms with E-state index in [4.69, 9.17) is 0 Å². The highest BCUT2D eigenvalue weighted by Gasteiger charge is 2.12. The van der Waals surface area contributed by atoms with Crippen molar-refractivity contribution in [2.75, 3.05) is 24.3 Å². The van der Waals surface area contributed by atoms with Gasteiger partial charge < -0.3 is 15.5 Å². The van der Waals surface area contributed by atoms with Crippen LogP contribution in [-0.4, -0.2) is 45.4 Å². The minimum Gasteiger partial charge on any atom is -0.344 e. The Kier molecular flexibility index (Phi) is 4.93. The summed E-state index contributed by atoms with van der Waals surface area (Å²) in [5, 5.41) is 10.4. The van der Waals surface area contributed by atoms with Crippen molar-refractivity contribution >= 4 is 40.0 Å². The number of nitrogens with zero attached hydrogens (tertiary/aromatic N) is 5. The molecule has 9 nitrogen and oxygen atoms in total. The van der Waals surface area contributed by atoms with Crippen LogP contribution >= 0.6 is 0 Å². The first-order valence-corrected chi connectivity index (χ1v) is 9.29. The van der Waals surface area contributed by atoms with E-state index in [0.29, 0.717) is 11.4 Å². The Bertz CT molecular complexity index is 1240. The van der Waals surface area contributed by atoms with Crippen molar-refractivity contribution in [1.82, 2.24) is 24.6 Å². The van der Waals surface area contributed by atoms with Crippen molar-refractivity contribution in [3.8, 4) is 0 Å².